The van der Waals surface area contributed by atoms with Gasteiger partial charge < -0.3 is 18.7 Å². The van der Waals surface area contributed by atoms with Crippen LogP contribution < -0.4 is 18.9 Å². The molecule has 0 radical (unpaired) electrons. The summed E-state index contributed by atoms with van der Waals surface area (Å²) in [6, 6.07) is 6.88. The fraction of sp³-hybridized carbons (Fsp3) is 0.316. The lowest BCUT2D eigenvalue weighted by Gasteiger charge is -2.17. The third-order valence-electron chi connectivity index (χ3n) is 4.87. The van der Waals surface area contributed by atoms with Gasteiger partial charge in [0.25, 0.3) is 10.0 Å². The van der Waals surface area contributed by atoms with Crippen molar-refractivity contribution in [1.82, 2.24) is 5.16 Å². The lowest BCUT2D eigenvalue weighted by atomic mass is 10.1. The standard InChI is InChI=1S/C19H20N2O6S.H2/c1-24-13-8-5-9-14-16(13)19(20-27-14)21-28(22,23)18-15(25-2)10-11-6-4-7-12(11)17(18)26-3;/h5,8-10H,4,6-7H2,1-3H3,(H,20,21);1H. The van der Waals surface area contributed by atoms with Gasteiger partial charge in [0.15, 0.2) is 16.3 Å². The molecule has 1 aliphatic carbocycles. The maximum atomic E-state index is 13.3. The number of fused-ring (bicyclic) bond motifs is 2. The van der Waals surface area contributed by atoms with Crippen LogP contribution in [0, 0.1) is 0 Å². The number of aryl methyl sites for hydroxylation is 1. The molecule has 0 bridgehead atoms. The van der Waals surface area contributed by atoms with Crippen molar-refractivity contribution >= 4 is 26.8 Å². The fourth-order valence-electron chi connectivity index (χ4n) is 3.66. The Morgan fingerprint density at radius 1 is 1.11 bits per heavy atom. The number of sulfonamides is 1. The minimum atomic E-state index is -4.08. The number of methoxy groups -OCH3 is 3. The minimum absolute atomic E-state index is 0. The normalized spacial score (nSPS) is 13.4. The second-order valence-corrected chi connectivity index (χ2v) is 8.02. The zero-order valence-electron chi connectivity index (χ0n) is 15.7. The zero-order chi connectivity index (χ0) is 19.9. The minimum Gasteiger partial charge on any atom is -0.496 e. The van der Waals surface area contributed by atoms with Crippen LogP contribution in [-0.2, 0) is 22.9 Å². The van der Waals surface area contributed by atoms with Gasteiger partial charge in [-0.3, -0.25) is 4.72 Å². The van der Waals surface area contributed by atoms with Crippen molar-refractivity contribution in [3.63, 3.8) is 0 Å². The Labute approximate surface area is 163 Å². The molecule has 150 valence electrons. The molecule has 0 fully saturated rings. The molecule has 4 rings (SSSR count). The summed E-state index contributed by atoms with van der Waals surface area (Å²) in [6.45, 7) is 0. The predicted octanol–water partition coefficient (Wildman–Crippen LogP) is 3.39. The molecule has 8 nitrogen and oxygen atoms in total. The highest BCUT2D eigenvalue weighted by atomic mass is 32.2. The molecular weight excluding hydrogens is 384 g/mol. The predicted molar refractivity (Wildman–Crippen MR) is 105 cm³/mol. The van der Waals surface area contributed by atoms with E-state index in [1.807, 2.05) is 0 Å². The summed E-state index contributed by atoms with van der Waals surface area (Å²) in [5.74, 6) is 1.02. The van der Waals surface area contributed by atoms with Crippen molar-refractivity contribution in [3.8, 4) is 17.2 Å². The van der Waals surface area contributed by atoms with Gasteiger partial charge in [-0.05, 0) is 48.6 Å². The maximum Gasteiger partial charge on any atom is 0.270 e. The van der Waals surface area contributed by atoms with Gasteiger partial charge >= 0.3 is 0 Å². The van der Waals surface area contributed by atoms with E-state index in [0.29, 0.717) is 22.5 Å². The summed E-state index contributed by atoms with van der Waals surface area (Å²) in [5.41, 5.74) is 2.34. The van der Waals surface area contributed by atoms with Gasteiger partial charge in [-0.1, -0.05) is 11.2 Å². The molecule has 2 aromatic carbocycles. The van der Waals surface area contributed by atoms with E-state index in [1.165, 1.54) is 21.3 Å². The van der Waals surface area contributed by atoms with Gasteiger partial charge in [0, 0.05) is 1.43 Å². The number of hydrogen-bond acceptors (Lipinski definition) is 7. The quantitative estimate of drug-likeness (QED) is 0.670. The summed E-state index contributed by atoms with van der Waals surface area (Å²) in [6.07, 6.45) is 2.56. The fourth-order valence-corrected chi connectivity index (χ4v) is 5.01. The first-order valence-corrected chi connectivity index (χ1v) is 10.2. The second-order valence-electron chi connectivity index (χ2n) is 6.40. The van der Waals surface area contributed by atoms with Crippen molar-refractivity contribution in [2.24, 2.45) is 0 Å². The molecule has 0 amide bonds. The Hall–Kier alpha value is -2.94. The third-order valence-corrected chi connectivity index (χ3v) is 6.26. The van der Waals surface area contributed by atoms with Gasteiger partial charge in [-0.2, -0.15) is 0 Å². The Morgan fingerprint density at radius 2 is 1.89 bits per heavy atom. The number of aromatic nitrogens is 1. The Bertz CT molecular complexity index is 1160. The molecule has 3 aromatic rings. The molecule has 0 saturated heterocycles. The molecule has 9 heteroatoms. The largest absolute Gasteiger partial charge is 0.496 e. The molecule has 0 aliphatic heterocycles. The number of nitrogens with one attached hydrogen (secondary N) is 1. The molecule has 0 atom stereocenters. The van der Waals surface area contributed by atoms with Crippen molar-refractivity contribution in [2.45, 2.75) is 24.2 Å². The number of hydrogen-bond donors (Lipinski definition) is 1. The molecule has 0 spiro atoms. The lowest BCUT2D eigenvalue weighted by molar-refractivity contribution is 0.370. The second kappa shape index (κ2) is 6.90. The van der Waals surface area contributed by atoms with E-state index in [-0.39, 0.29) is 17.9 Å². The molecule has 28 heavy (non-hydrogen) atoms. The topological polar surface area (TPSA) is 99.9 Å². The number of benzene rings is 2. The molecule has 1 N–H and O–H groups in total. The maximum absolute atomic E-state index is 13.3. The van der Waals surface area contributed by atoms with Crippen LogP contribution in [0.5, 0.6) is 17.2 Å². The summed E-state index contributed by atoms with van der Waals surface area (Å²) in [4.78, 5) is -0.0517. The van der Waals surface area contributed by atoms with Gasteiger partial charge in [-0.25, -0.2) is 8.42 Å². The van der Waals surface area contributed by atoms with Crippen LogP contribution in [0.1, 0.15) is 19.0 Å². The monoisotopic (exact) mass is 406 g/mol. The first kappa shape index (κ1) is 18.4. The van der Waals surface area contributed by atoms with Crippen molar-refractivity contribution in [2.75, 3.05) is 26.1 Å². The first-order chi connectivity index (χ1) is 13.5. The summed E-state index contributed by atoms with van der Waals surface area (Å²) in [5, 5.41) is 4.31. The van der Waals surface area contributed by atoms with E-state index >= 15 is 0 Å². The average molecular weight is 406 g/mol. The van der Waals surface area contributed by atoms with Crippen molar-refractivity contribution < 1.29 is 28.6 Å². The Morgan fingerprint density at radius 3 is 2.61 bits per heavy atom. The third kappa shape index (κ3) is 2.82. The summed E-state index contributed by atoms with van der Waals surface area (Å²) < 4.78 is 50.6. The summed E-state index contributed by atoms with van der Waals surface area (Å²) >= 11 is 0. The molecule has 0 saturated carbocycles. The van der Waals surface area contributed by atoms with E-state index < -0.39 is 10.0 Å². The van der Waals surface area contributed by atoms with Crippen LogP contribution in [0.25, 0.3) is 11.0 Å². The summed E-state index contributed by atoms with van der Waals surface area (Å²) in [7, 11) is 0.301. The highest BCUT2D eigenvalue weighted by Crippen LogP contribution is 2.43. The van der Waals surface area contributed by atoms with E-state index in [0.717, 1.165) is 30.4 Å². The number of nitrogens with zero attached hydrogens (tertiary/aromatic N) is 1. The Kier molecular flexibility index (Phi) is 4.54. The van der Waals surface area contributed by atoms with Crippen LogP contribution in [0.3, 0.4) is 0 Å². The van der Waals surface area contributed by atoms with E-state index in [2.05, 4.69) is 9.88 Å². The van der Waals surface area contributed by atoms with Crippen LogP contribution >= 0.6 is 0 Å². The van der Waals surface area contributed by atoms with E-state index in [9.17, 15) is 8.42 Å². The van der Waals surface area contributed by atoms with Gasteiger partial charge in [0.05, 0.1) is 21.3 Å². The van der Waals surface area contributed by atoms with E-state index in [4.69, 9.17) is 18.7 Å². The smallest absolute Gasteiger partial charge is 0.270 e. The Balaban J connectivity index is 0.00000240. The molecule has 1 aliphatic rings. The number of ether oxygens (including phenoxy) is 3. The lowest BCUT2D eigenvalue weighted by Crippen LogP contribution is -2.17. The average Bonchev–Trinajstić information content (AvgIpc) is 3.32. The highest BCUT2D eigenvalue weighted by molar-refractivity contribution is 7.93. The number of rotatable bonds is 6. The molecule has 1 heterocycles. The highest BCUT2D eigenvalue weighted by Gasteiger charge is 2.32. The number of anilines is 1. The SMILES string of the molecule is COc1cc2c(c(OC)c1S(=O)(=O)Nc1noc3cccc(OC)c13)CCC2.[HH]. The van der Waals surface area contributed by atoms with Crippen LogP contribution in [0.4, 0.5) is 5.82 Å². The van der Waals surface area contributed by atoms with Crippen molar-refractivity contribution in [3.05, 3.63) is 35.4 Å². The van der Waals surface area contributed by atoms with Gasteiger partial charge in [0.1, 0.15) is 22.6 Å². The molecule has 0 unspecified atom stereocenters. The molecule has 1 aromatic heterocycles. The van der Waals surface area contributed by atoms with Crippen molar-refractivity contribution in [1.29, 1.82) is 0 Å². The zero-order valence-corrected chi connectivity index (χ0v) is 16.6. The first-order valence-electron chi connectivity index (χ1n) is 8.72. The van der Waals surface area contributed by atoms with E-state index in [1.54, 1.807) is 24.3 Å². The van der Waals surface area contributed by atoms with Gasteiger partial charge in [-0.15, -0.1) is 0 Å². The molecular formula is C19H22N2O6S. The van der Waals surface area contributed by atoms with Crippen LogP contribution in [0.2, 0.25) is 0 Å². The van der Waals surface area contributed by atoms with Crippen LogP contribution in [0.15, 0.2) is 33.7 Å². The van der Waals surface area contributed by atoms with Crippen LogP contribution in [-0.4, -0.2) is 34.9 Å². The van der Waals surface area contributed by atoms with Gasteiger partial charge in [0.2, 0.25) is 0 Å².